The van der Waals surface area contributed by atoms with Crippen molar-refractivity contribution in [2.24, 2.45) is 7.05 Å². The van der Waals surface area contributed by atoms with E-state index >= 15 is 0 Å². The first-order chi connectivity index (χ1) is 16.5. The van der Waals surface area contributed by atoms with Gasteiger partial charge in [-0.15, -0.1) is 0 Å². The Hall–Kier alpha value is -2.40. The Bertz CT molecular complexity index is 1380. The lowest BCUT2D eigenvalue weighted by Gasteiger charge is -2.41. The van der Waals surface area contributed by atoms with E-state index in [-0.39, 0.29) is 35.6 Å². The second-order valence-electron chi connectivity index (χ2n) is 9.24. The van der Waals surface area contributed by atoms with Crippen LogP contribution in [0.2, 0.25) is 5.02 Å². The Morgan fingerprint density at radius 3 is 2.69 bits per heavy atom. The van der Waals surface area contributed by atoms with Gasteiger partial charge in [-0.3, -0.25) is 0 Å². The number of aryl methyl sites for hydroxylation is 2. The van der Waals surface area contributed by atoms with Gasteiger partial charge in [-0.25, -0.2) is 13.4 Å². The number of alkyl halides is 3. The van der Waals surface area contributed by atoms with E-state index in [1.807, 2.05) is 18.2 Å². The van der Waals surface area contributed by atoms with E-state index in [4.69, 9.17) is 11.6 Å². The van der Waals surface area contributed by atoms with Crippen LogP contribution in [0.25, 0.3) is 0 Å². The molecular formula is C24H24ClF3N4O2S. The van der Waals surface area contributed by atoms with E-state index in [0.29, 0.717) is 12.0 Å². The Balaban J connectivity index is 1.47. The van der Waals surface area contributed by atoms with Crippen LogP contribution in [0.3, 0.4) is 0 Å². The summed E-state index contributed by atoms with van der Waals surface area (Å²) >= 11 is 6.20. The predicted molar refractivity (Wildman–Crippen MR) is 125 cm³/mol. The quantitative estimate of drug-likeness (QED) is 0.539. The highest BCUT2D eigenvalue weighted by Gasteiger charge is 2.52. The maximum absolute atomic E-state index is 13.4. The summed E-state index contributed by atoms with van der Waals surface area (Å²) in [6.07, 6.45) is -0.101. The molecule has 11 heteroatoms. The van der Waals surface area contributed by atoms with E-state index in [2.05, 4.69) is 16.4 Å². The monoisotopic (exact) mass is 524 g/mol. The highest BCUT2D eigenvalue weighted by molar-refractivity contribution is 7.89. The summed E-state index contributed by atoms with van der Waals surface area (Å²) in [4.78, 5) is 4.05. The van der Waals surface area contributed by atoms with Crippen molar-refractivity contribution in [2.75, 3.05) is 13.1 Å². The van der Waals surface area contributed by atoms with Gasteiger partial charge in [-0.05, 0) is 41.7 Å². The summed E-state index contributed by atoms with van der Waals surface area (Å²) in [6, 6.07) is 11.3. The molecule has 0 spiro atoms. The van der Waals surface area contributed by atoms with Crippen molar-refractivity contribution in [3.63, 3.8) is 0 Å². The molecular weight excluding hydrogens is 501 g/mol. The average Bonchev–Trinajstić information content (AvgIpc) is 3.43. The number of nitrogens with zero attached hydrogens (tertiary/aromatic N) is 3. The van der Waals surface area contributed by atoms with Gasteiger partial charge in [0.25, 0.3) is 10.0 Å². The van der Waals surface area contributed by atoms with Gasteiger partial charge in [0.2, 0.25) is 0 Å². The number of halogens is 4. The fourth-order valence-electron chi connectivity index (χ4n) is 5.22. The average molecular weight is 525 g/mol. The molecule has 1 aromatic heterocycles. The van der Waals surface area contributed by atoms with E-state index in [0.717, 1.165) is 24.1 Å². The van der Waals surface area contributed by atoms with Gasteiger partial charge in [0.05, 0.1) is 11.9 Å². The van der Waals surface area contributed by atoms with Crippen molar-refractivity contribution in [1.29, 1.82) is 0 Å². The van der Waals surface area contributed by atoms with Crippen molar-refractivity contribution < 1.29 is 21.6 Å². The van der Waals surface area contributed by atoms with Crippen molar-refractivity contribution >= 4 is 21.6 Å². The van der Waals surface area contributed by atoms with Crippen LogP contribution < -0.4 is 5.32 Å². The van der Waals surface area contributed by atoms with E-state index < -0.39 is 27.3 Å². The second-order valence-corrected chi connectivity index (χ2v) is 11.5. The Morgan fingerprint density at radius 1 is 1.23 bits per heavy atom. The maximum atomic E-state index is 13.4. The molecule has 2 aromatic carbocycles. The standard InChI is InChI=1S/C24H24ClF3N4O2S/c1-31-13-22(29-15-31)35(33,34)32-12-20-19-5-3-2-4-16(19)8-9-23(20,14-32)30-11-17-6-7-18(10-21(17)25)24(26,27)28/h2-7,10,13,15,20,30H,8-9,11-12,14H2,1H3. The molecule has 1 aliphatic heterocycles. The molecule has 0 saturated carbocycles. The van der Waals surface area contributed by atoms with Crippen molar-refractivity contribution in [3.05, 3.63) is 82.3 Å². The fourth-order valence-corrected chi connectivity index (χ4v) is 6.96. The SMILES string of the molecule is Cn1cnc(S(=O)(=O)N2CC3c4ccccc4CCC3(NCc3ccc(C(F)(F)F)cc3Cl)C2)c1. The van der Waals surface area contributed by atoms with Gasteiger partial charge in [0.15, 0.2) is 5.03 Å². The van der Waals surface area contributed by atoms with Crippen LogP contribution in [0.1, 0.15) is 34.6 Å². The molecule has 1 N–H and O–H groups in total. The Labute approximate surface area is 206 Å². The predicted octanol–water partition coefficient (Wildman–Crippen LogP) is 4.36. The molecule has 2 atom stereocenters. The molecule has 0 bridgehead atoms. The number of sulfonamides is 1. The highest BCUT2D eigenvalue weighted by atomic mass is 35.5. The lowest BCUT2D eigenvalue weighted by atomic mass is 9.71. The van der Waals surface area contributed by atoms with Crippen molar-refractivity contribution in [1.82, 2.24) is 19.2 Å². The molecule has 2 heterocycles. The van der Waals surface area contributed by atoms with Crippen LogP contribution in [-0.2, 0) is 36.2 Å². The first-order valence-electron chi connectivity index (χ1n) is 11.2. The third-order valence-corrected chi connectivity index (χ3v) is 9.13. The minimum atomic E-state index is -4.47. The summed E-state index contributed by atoms with van der Waals surface area (Å²) in [5.41, 5.74) is 1.39. The van der Waals surface area contributed by atoms with Crippen molar-refractivity contribution in [3.8, 4) is 0 Å². The third-order valence-electron chi connectivity index (χ3n) is 7.08. The van der Waals surface area contributed by atoms with Crippen LogP contribution in [-0.4, -0.2) is 40.9 Å². The largest absolute Gasteiger partial charge is 0.416 e. The number of benzene rings is 2. The molecule has 3 aromatic rings. The van der Waals surface area contributed by atoms with Crippen LogP contribution in [0.5, 0.6) is 0 Å². The van der Waals surface area contributed by atoms with Gasteiger partial charge in [0.1, 0.15) is 0 Å². The molecule has 1 saturated heterocycles. The number of rotatable bonds is 5. The maximum Gasteiger partial charge on any atom is 0.416 e. The summed E-state index contributed by atoms with van der Waals surface area (Å²) < 4.78 is 69.0. The van der Waals surface area contributed by atoms with E-state index in [1.54, 1.807) is 11.6 Å². The molecule has 2 unspecified atom stereocenters. The minimum absolute atomic E-state index is 0.00661. The van der Waals surface area contributed by atoms with Crippen LogP contribution in [0.4, 0.5) is 13.2 Å². The molecule has 0 amide bonds. The number of aromatic nitrogens is 2. The summed E-state index contributed by atoms with van der Waals surface area (Å²) in [5.74, 6) is -0.126. The highest BCUT2D eigenvalue weighted by Crippen LogP contribution is 2.46. The number of hydrogen-bond acceptors (Lipinski definition) is 4. The van der Waals surface area contributed by atoms with Crippen LogP contribution in [0.15, 0.2) is 60.0 Å². The summed E-state index contributed by atoms with van der Waals surface area (Å²) in [5, 5.41) is 3.53. The molecule has 2 aliphatic rings. The Morgan fingerprint density at radius 2 is 2.00 bits per heavy atom. The van der Waals surface area contributed by atoms with Crippen molar-refractivity contribution in [2.45, 2.75) is 42.0 Å². The zero-order valence-corrected chi connectivity index (χ0v) is 20.5. The van der Waals surface area contributed by atoms with Crippen LogP contribution in [0, 0.1) is 0 Å². The van der Waals surface area contributed by atoms with Crippen LogP contribution >= 0.6 is 11.6 Å². The van der Waals surface area contributed by atoms with Gasteiger partial charge in [0, 0.05) is 49.4 Å². The van der Waals surface area contributed by atoms with Gasteiger partial charge in [-0.2, -0.15) is 17.5 Å². The molecule has 35 heavy (non-hydrogen) atoms. The number of imidazole rings is 1. The first-order valence-corrected chi connectivity index (χ1v) is 13.0. The first kappa shape index (κ1) is 24.3. The number of hydrogen-bond donors (Lipinski definition) is 1. The third kappa shape index (κ3) is 4.37. The molecule has 1 fully saturated rings. The number of nitrogens with one attached hydrogen (secondary N) is 1. The topological polar surface area (TPSA) is 67.2 Å². The van der Waals surface area contributed by atoms with E-state index in [9.17, 15) is 21.6 Å². The summed E-state index contributed by atoms with van der Waals surface area (Å²) in [6.45, 7) is 0.722. The Kier molecular flexibility index (Phi) is 5.98. The molecule has 5 rings (SSSR count). The van der Waals surface area contributed by atoms with E-state index in [1.165, 1.54) is 28.5 Å². The lowest BCUT2D eigenvalue weighted by molar-refractivity contribution is -0.137. The minimum Gasteiger partial charge on any atom is -0.339 e. The molecule has 0 radical (unpaired) electrons. The second kappa shape index (κ2) is 8.62. The zero-order valence-electron chi connectivity index (χ0n) is 18.9. The van der Waals surface area contributed by atoms with Gasteiger partial charge >= 0.3 is 6.18 Å². The molecule has 186 valence electrons. The smallest absolute Gasteiger partial charge is 0.339 e. The summed E-state index contributed by atoms with van der Waals surface area (Å²) in [7, 11) is -2.11. The molecule has 6 nitrogen and oxygen atoms in total. The normalized spacial score (nSPS) is 22.7. The fraction of sp³-hybridized carbons (Fsp3) is 0.375. The van der Waals surface area contributed by atoms with Gasteiger partial charge < -0.3 is 9.88 Å². The molecule has 1 aliphatic carbocycles. The zero-order chi connectivity index (χ0) is 25.0. The lowest BCUT2D eigenvalue weighted by Crippen LogP contribution is -2.53. The number of fused-ring (bicyclic) bond motifs is 3. The van der Waals surface area contributed by atoms with Gasteiger partial charge in [-0.1, -0.05) is 41.9 Å².